The zero-order chi connectivity index (χ0) is 14.3. The third-order valence-corrected chi connectivity index (χ3v) is 2.35. The van der Waals surface area contributed by atoms with Gasteiger partial charge in [-0.15, -0.1) is 6.58 Å². The average Bonchev–Trinajstić information content (AvgIpc) is 2.38. The number of hydrogen-bond acceptors (Lipinski definition) is 3. The van der Waals surface area contributed by atoms with E-state index in [4.69, 9.17) is 4.74 Å². The highest BCUT2D eigenvalue weighted by molar-refractivity contribution is 5.96. The van der Waals surface area contributed by atoms with Crippen LogP contribution in [0.3, 0.4) is 0 Å². The fourth-order valence-corrected chi connectivity index (χ4v) is 1.51. The molecule has 1 aromatic rings. The van der Waals surface area contributed by atoms with Gasteiger partial charge in [0.25, 0.3) is 5.91 Å². The molecular formula is C14H16FNO3. The SMILES string of the molecule is C=CCN(CC(=O)OCC)C(=O)c1ccc(F)cc1. The van der Waals surface area contributed by atoms with Crippen molar-refractivity contribution < 1.29 is 18.7 Å². The summed E-state index contributed by atoms with van der Waals surface area (Å²) in [5.41, 5.74) is 0.313. The van der Waals surface area contributed by atoms with Crippen LogP contribution >= 0.6 is 0 Å². The number of esters is 1. The summed E-state index contributed by atoms with van der Waals surface area (Å²) in [7, 11) is 0. The Morgan fingerprint density at radius 2 is 2.00 bits per heavy atom. The van der Waals surface area contributed by atoms with Gasteiger partial charge in [-0.05, 0) is 31.2 Å². The molecule has 0 spiro atoms. The summed E-state index contributed by atoms with van der Waals surface area (Å²) in [6, 6.07) is 5.14. The number of hydrogen-bond donors (Lipinski definition) is 0. The first kappa shape index (κ1) is 14.9. The van der Waals surface area contributed by atoms with E-state index in [2.05, 4.69) is 6.58 Å². The lowest BCUT2D eigenvalue weighted by Gasteiger charge is -2.20. The summed E-state index contributed by atoms with van der Waals surface area (Å²) >= 11 is 0. The number of rotatable bonds is 6. The van der Waals surface area contributed by atoms with Crippen molar-refractivity contribution in [2.45, 2.75) is 6.92 Å². The molecule has 0 unspecified atom stereocenters. The standard InChI is InChI=1S/C14H16FNO3/c1-3-9-16(10-13(17)19-4-2)14(18)11-5-7-12(15)8-6-11/h3,5-8H,1,4,9-10H2,2H3. The number of ether oxygens (including phenoxy) is 1. The first-order valence-corrected chi connectivity index (χ1v) is 5.89. The summed E-state index contributed by atoms with van der Waals surface area (Å²) in [5.74, 6) is -1.27. The van der Waals surface area contributed by atoms with E-state index in [0.29, 0.717) is 5.56 Å². The Morgan fingerprint density at radius 3 is 2.53 bits per heavy atom. The molecule has 0 aliphatic carbocycles. The molecule has 0 aliphatic rings. The van der Waals surface area contributed by atoms with Gasteiger partial charge in [-0.3, -0.25) is 9.59 Å². The lowest BCUT2D eigenvalue weighted by molar-refractivity contribution is -0.143. The van der Waals surface area contributed by atoms with Crippen molar-refractivity contribution in [1.82, 2.24) is 4.90 Å². The van der Waals surface area contributed by atoms with Crippen molar-refractivity contribution in [2.24, 2.45) is 0 Å². The van der Waals surface area contributed by atoms with Crippen LogP contribution in [0.5, 0.6) is 0 Å². The predicted octanol–water partition coefficient (Wildman–Crippen LogP) is 2.02. The Kier molecular flexibility index (Phi) is 5.73. The van der Waals surface area contributed by atoms with Gasteiger partial charge >= 0.3 is 5.97 Å². The smallest absolute Gasteiger partial charge is 0.325 e. The number of amides is 1. The fraction of sp³-hybridized carbons (Fsp3) is 0.286. The molecule has 102 valence electrons. The van der Waals surface area contributed by atoms with Gasteiger partial charge in [0.2, 0.25) is 0 Å². The van der Waals surface area contributed by atoms with Crippen LogP contribution < -0.4 is 0 Å². The molecule has 1 aromatic carbocycles. The second kappa shape index (κ2) is 7.31. The minimum Gasteiger partial charge on any atom is -0.465 e. The molecule has 4 nitrogen and oxygen atoms in total. The first-order valence-electron chi connectivity index (χ1n) is 5.89. The van der Waals surface area contributed by atoms with Crippen molar-refractivity contribution in [3.8, 4) is 0 Å². The Balaban J connectivity index is 2.80. The minimum absolute atomic E-state index is 0.157. The molecule has 0 saturated heterocycles. The Bertz CT molecular complexity index is 456. The van der Waals surface area contributed by atoms with E-state index < -0.39 is 11.8 Å². The van der Waals surface area contributed by atoms with Gasteiger partial charge in [0, 0.05) is 12.1 Å². The van der Waals surface area contributed by atoms with E-state index in [9.17, 15) is 14.0 Å². The summed E-state index contributed by atoms with van der Waals surface area (Å²) < 4.78 is 17.6. The second-order valence-electron chi connectivity index (χ2n) is 3.79. The molecule has 19 heavy (non-hydrogen) atoms. The van der Waals surface area contributed by atoms with Gasteiger partial charge in [-0.1, -0.05) is 6.08 Å². The highest BCUT2D eigenvalue weighted by Crippen LogP contribution is 2.07. The highest BCUT2D eigenvalue weighted by atomic mass is 19.1. The van der Waals surface area contributed by atoms with Gasteiger partial charge in [-0.2, -0.15) is 0 Å². The first-order chi connectivity index (χ1) is 9.08. The lowest BCUT2D eigenvalue weighted by atomic mass is 10.2. The lowest BCUT2D eigenvalue weighted by Crippen LogP contribution is -2.36. The molecule has 0 aromatic heterocycles. The third-order valence-electron chi connectivity index (χ3n) is 2.35. The topological polar surface area (TPSA) is 46.6 Å². The molecular weight excluding hydrogens is 249 g/mol. The molecule has 1 rings (SSSR count). The molecule has 5 heteroatoms. The normalized spacial score (nSPS) is 9.79. The molecule has 0 atom stereocenters. The largest absolute Gasteiger partial charge is 0.465 e. The van der Waals surface area contributed by atoms with E-state index in [1.54, 1.807) is 6.92 Å². The molecule has 0 fully saturated rings. The Morgan fingerprint density at radius 1 is 1.37 bits per heavy atom. The minimum atomic E-state index is -0.486. The summed E-state index contributed by atoms with van der Waals surface area (Å²) in [4.78, 5) is 24.8. The Labute approximate surface area is 111 Å². The van der Waals surface area contributed by atoms with Crippen LogP contribution in [-0.2, 0) is 9.53 Å². The summed E-state index contributed by atoms with van der Waals surface area (Å²) in [6.07, 6.45) is 1.51. The second-order valence-corrected chi connectivity index (χ2v) is 3.79. The van der Waals surface area contributed by atoms with Crippen LogP contribution in [0.25, 0.3) is 0 Å². The molecule has 0 N–H and O–H groups in total. The van der Waals surface area contributed by atoms with Crippen LogP contribution in [0.1, 0.15) is 17.3 Å². The number of carbonyl (C=O) groups excluding carboxylic acids is 2. The molecule has 0 saturated carbocycles. The third kappa shape index (κ3) is 4.54. The number of carbonyl (C=O) groups is 2. The van der Waals surface area contributed by atoms with Crippen molar-refractivity contribution in [2.75, 3.05) is 19.7 Å². The zero-order valence-corrected chi connectivity index (χ0v) is 10.8. The summed E-state index contributed by atoms with van der Waals surface area (Å²) in [6.45, 7) is 5.55. The molecule has 0 aliphatic heterocycles. The van der Waals surface area contributed by atoms with Crippen molar-refractivity contribution in [3.05, 3.63) is 48.3 Å². The maximum atomic E-state index is 12.8. The van der Waals surface area contributed by atoms with E-state index in [0.717, 1.165) is 0 Å². The maximum Gasteiger partial charge on any atom is 0.325 e. The van der Waals surface area contributed by atoms with Crippen LogP contribution in [0.4, 0.5) is 4.39 Å². The fourth-order valence-electron chi connectivity index (χ4n) is 1.51. The van der Waals surface area contributed by atoms with Gasteiger partial charge in [0.05, 0.1) is 6.61 Å². The van der Waals surface area contributed by atoms with Gasteiger partial charge in [0.1, 0.15) is 12.4 Å². The monoisotopic (exact) mass is 265 g/mol. The van der Waals surface area contributed by atoms with Crippen molar-refractivity contribution >= 4 is 11.9 Å². The van der Waals surface area contributed by atoms with E-state index in [1.165, 1.54) is 35.2 Å². The van der Waals surface area contributed by atoms with Gasteiger partial charge < -0.3 is 9.64 Å². The maximum absolute atomic E-state index is 12.8. The molecule has 0 heterocycles. The van der Waals surface area contributed by atoms with Gasteiger partial charge in [-0.25, -0.2) is 4.39 Å². The number of halogens is 1. The van der Waals surface area contributed by atoms with Crippen LogP contribution in [-0.4, -0.2) is 36.5 Å². The molecule has 0 bridgehead atoms. The van der Waals surface area contributed by atoms with Crippen molar-refractivity contribution in [1.29, 1.82) is 0 Å². The quantitative estimate of drug-likeness (QED) is 0.584. The van der Waals surface area contributed by atoms with E-state index in [1.807, 2.05) is 0 Å². The van der Waals surface area contributed by atoms with E-state index in [-0.39, 0.29) is 25.6 Å². The average molecular weight is 265 g/mol. The van der Waals surface area contributed by atoms with Crippen LogP contribution in [0.2, 0.25) is 0 Å². The van der Waals surface area contributed by atoms with Gasteiger partial charge in [0.15, 0.2) is 0 Å². The molecule has 0 radical (unpaired) electrons. The highest BCUT2D eigenvalue weighted by Gasteiger charge is 2.18. The van der Waals surface area contributed by atoms with Crippen LogP contribution in [0, 0.1) is 5.82 Å². The Hall–Kier alpha value is -2.17. The van der Waals surface area contributed by atoms with Crippen molar-refractivity contribution in [3.63, 3.8) is 0 Å². The number of benzene rings is 1. The zero-order valence-electron chi connectivity index (χ0n) is 10.8. The predicted molar refractivity (Wildman–Crippen MR) is 69.1 cm³/mol. The number of nitrogens with zero attached hydrogens (tertiary/aromatic N) is 1. The summed E-state index contributed by atoms with van der Waals surface area (Å²) in [5, 5.41) is 0. The molecule has 1 amide bonds. The van der Waals surface area contributed by atoms with Crippen LogP contribution in [0.15, 0.2) is 36.9 Å². The van der Waals surface area contributed by atoms with E-state index >= 15 is 0 Å².